The normalized spacial score (nSPS) is 20.6. The summed E-state index contributed by atoms with van der Waals surface area (Å²) in [6, 6.07) is 2.12. The summed E-state index contributed by atoms with van der Waals surface area (Å²) in [5.41, 5.74) is 1.21. The van der Waals surface area contributed by atoms with Crippen LogP contribution < -0.4 is 5.32 Å². The second-order valence-electron chi connectivity index (χ2n) is 8.03. The standard InChI is InChI=1S/C17H23N5O2.C2HF3O2/c1-11(2)18-17(23)16-20-19-15-5-13-7-21(6-12-3-4-24-10-12)8-14(13)9-22(15)16;3-2(4,5)1(6)7/h3-4,10-11,13-14H,5-9H2,1-2H3,(H,18,23);(H,6,7). The minimum absolute atomic E-state index is 0.0960. The van der Waals surface area contributed by atoms with Crippen LogP contribution in [-0.2, 0) is 24.3 Å². The zero-order valence-corrected chi connectivity index (χ0v) is 17.1. The number of fused-ring (bicyclic) bond motifs is 2. The Morgan fingerprint density at radius 3 is 2.52 bits per heavy atom. The molecule has 4 rings (SSSR count). The number of aromatic nitrogens is 3. The molecule has 1 saturated heterocycles. The Morgan fingerprint density at radius 2 is 1.94 bits per heavy atom. The number of likely N-dealkylation sites (tertiary alicyclic amines) is 1. The number of rotatable bonds is 4. The fraction of sp³-hybridized carbons (Fsp3) is 0.579. The van der Waals surface area contributed by atoms with E-state index in [1.54, 1.807) is 6.26 Å². The van der Waals surface area contributed by atoms with Crippen LogP contribution in [0.15, 0.2) is 23.0 Å². The zero-order chi connectivity index (χ0) is 22.8. The van der Waals surface area contributed by atoms with Crippen molar-refractivity contribution in [2.45, 2.75) is 45.6 Å². The van der Waals surface area contributed by atoms with Gasteiger partial charge in [0.15, 0.2) is 0 Å². The largest absolute Gasteiger partial charge is 0.490 e. The third-order valence-electron chi connectivity index (χ3n) is 5.19. The van der Waals surface area contributed by atoms with Crippen LogP contribution in [0.3, 0.4) is 0 Å². The number of halogens is 3. The first-order valence-electron chi connectivity index (χ1n) is 9.81. The number of carboxylic acids is 1. The molecule has 0 aliphatic carbocycles. The quantitative estimate of drug-likeness (QED) is 0.743. The number of alkyl halides is 3. The lowest BCUT2D eigenvalue weighted by Gasteiger charge is -2.25. The number of aliphatic carboxylic acids is 1. The van der Waals surface area contributed by atoms with Gasteiger partial charge < -0.3 is 19.4 Å². The molecule has 4 heterocycles. The van der Waals surface area contributed by atoms with Gasteiger partial charge in [-0.2, -0.15) is 13.2 Å². The molecule has 0 radical (unpaired) electrons. The number of carboxylic acid groups (broad SMARTS) is 1. The fourth-order valence-corrected chi connectivity index (χ4v) is 3.89. The molecule has 12 heteroatoms. The van der Waals surface area contributed by atoms with Gasteiger partial charge in [-0.05, 0) is 31.7 Å². The van der Waals surface area contributed by atoms with Gasteiger partial charge in [-0.15, -0.1) is 10.2 Å². The minimum atomic E-state index is -5.08. The highest BCUT2D eigenvalue weighted by Gasteiger charge is 2.39. The summed E-state index contributed by atoms with van der Waals surface area (Å²) in [6.07, 6.45) is -0.654. The first-order chi connectivity index (χ1) is 14.5. The van der Waals surface area contributed by atoms with Gasteiger partial charge in [0.05, 0.1) is 12.5 Å². The summed E-state index contributed by atoms with van der Waals surface area (Å²) in [5, 5.41) is 18.4. The fourth-order valence-electron chi connectivity index (χ4n) is 3.89. The number of nitrogens with one attached hydrogen (secondary N) is 1. The van der Waals surface area contributed by atoms with Gasteiger partial charge in [0, 0.05) is 44.2 Å². The third kappa shape index (κ3) is 5.63. The summed E-state index contributed by atoms with van der Waals surface area (Å²) in [7, 11) is 0. The van der Waals surface area contributed by atoms with E-state index in [4.69, 9.17) is 14.3 Å². The van der Waals surface area contributed by atoms with E-state index in [0.717, 1.165) is 38.4 Å². The second kappa shape index (κ2) is 9.08. The number of carbonyl (C=O) groups excluding carboxylic acids is 1. The summed E-state index contributed by atoms with van der Waals surface area (Å²) in [6.45, 7) is 7.76. The molecule has 31 heavy (non-hydrogen) atoms. The third-order valence-corrected chi connectivity index (χ3v) is 5.19. The monoisotopic (exact) mass is 443 g/mol. The van der Waals surface area contributed by atoms with E-state index in [1.165, 1.54) is 5.56 Å². The Bertz CT molecular complexity index is 910. The Labute approximate surface area is 176 Å². The van der Waals surface area contributed by atoms with Crippen molar-refractivity contribution in [1.29, 1.82) is 0 Å². The minimum Gasteiger partial charge on any atom is -0.475 e. The van der Waals surface area contributed by atoms with Crippen molar-refractivity contribution >= 4 is 11.9 Å². The predicted octanol–water partition coefficient (Wildman–Crippen LogP) is 1.95. The Hall–Kier alpha value is -2.89. The molecule has 2 unspecified atom stereocenters. The van der Waals surface area contributed by atoms with Gasteiger partial charge in [-0.25, -0.2) is 4.79 Å². The van der Waals surface area contributed by atoms with Gasteiger partial charge >= 0.3 is 12.1 Å². The second-order valence-corrected chi connectivity index (χ2v) is 8.03. The first-order valence-corrected chi connectivity index (χ1v) is 9.81. The van der Waals surface area contributed by atoms with Gasteiger partial charge in [-0.3, -0.25) is 9.69 Å². The molecule has 0 saturated carbocycles. The van der Waals surface area contributed by atoms with Crippen molar-refractivity contribution in [3.05, 3.63) is 35.8 Å². The number of furan rings is 1. The molecule has 170 valence electrons. The summed E-state index contributed by atoms with van der Waals surface area (Å²) < 4.78 is 38.9. The van der Waals surface area contributed by atoms with Crippen LogP contribution in [-0.4, -0.2) is 62.0 Å². The van der Waals surface area contributed by atoms with Crippen LogP contribution in [0.5, 0.6) is 0 Å². The molecule has 2 atom stereocenters. The molecule has 2 N–H and O–H groups in total. The molecule has 2 aromatic rings. The van der Waals surface area contributed by atoms with Crippen LogP contribution in [0.4, 0.5) is 13.2 Å². The first kappa shape index (κ1) is 22.8. The molecular weight excluding hydrogens is 419 g/mol. The van der Waals surface area contributed by atoms with Crippen molar-refractivity contribution in [2.75, 3.05) is 13.1 Å². The van der Waals surface area contributed by atoms with Crippen LogP contribution in [0.25, 0.3) is 0 Å². The summed E-state index contributed by atoms with van der Waals surface area (Å²) in [5.74, 6) is -0.357. The molecule has 9 nitrogen and oxygen atoms in total. The average molecular weight is 443 g/mol. The SMILES string of the molecule is CC(C)NC(=O)c1nnc2n1CC1CN(Cc3ccoc3)CC1C2.O=C(O)C(F)(F)F. The number of carbonyl (C=O) groups is 2. The molecule has 2 aromatic heterocycles. The van der Waals surface area contributed by atoms with E-state index in [0.29, 0.717) is 17.7 Å². The number of hydrogen-bond acceptors (Lipinski definition) is 6. The highest BCUT2D eigenvalue weighted by atomic mass is 19.4. The van der Waals surface area contributed by atoms with Gasteiger partial charge in [0.1, 0.15) is 5.82 Å². The van der Waals surface area contributed by atoms with E-state index in [9.17, 15) is 18.0 Å². The molecule has 2 aliphatic rings. The van der Waals surface area contributed by atoms with Crippen molar-refractivity contribution in [3.8, 4) is 0 Å². The van der Waals surface area contributed by atoms with Crippen LogP contribution in [0.1, 0.15) is 35.9 Å². The van der Waals surface area contributed by atoms with Crippen LogP contribution in [0, 0.1) is 11.8 Å². The van der Waals surface area contributed by atoms with E-state index in [-0.39, 0.29) is 11.9 Å². The van der Waals surface area contributed by atoms with E-state index >= 15 is 0 Å². The molecule has 1 fully saturated rings. The molecule has 1 amide bonds. The molecule has 2 aliphatic heterocycles. The number of amides is 1. The summed E-state index contributed by atoms with van der Waals surface area (Å²) >= 11 is 0. The van der Waals surface area contributed by atoms with Crippen molar-refractivity contribution in [2.24, 2.45) is 11.8 Å². The van der Waals surface area contributed by atoms with E-state index in [1.807, 2.05) is 30.7 Å². The average Bonchev–Trinajstić information content (AvgIpc) is 3.38. The Morgan fingerprint density at radius 1 is 1.26 bits per heavy atom. The lowest BCUT2D eigenvalue weighted by atomic mass is 9.89. The Kier molecular flexibility index (Phi) is 6.68. The molecule has 0 spiro atoms. The Balaban J connectivity index is 0.000000339. The van der Waals surface area contributed by atoms with Crippen molar-refractivity contribution in [3.63, 3.8) is 0 Å². The topological polar surface area (TPSA) is 113 Å². The lowest BCUT2D eigenvalue weighted by Crippen LogP contribution is -2.35. The van der Waals surface area contributed by atoms with Crippen molar-refractivity contribution in [1.82, 2.24) is 25.0 Å². The predicted molar refractivity (Wildman–Crippen MR) is 101 cm³/mol. The van der Waals surface area contributed by atoms with Gasteiger partial charge in [0.25, 0.3) is 5.91 Å². The lowest BCUT2D eigenvalue weighted by molar-refractivity contribution is -0.192. The maximum absolute atomic E-state index is 12.3. The highest BCUT2D eigenvalue weighted by molar-refractivity contribution is 5.90. The maximum Gasteiger partial charge on any atom is 0.490 e. The summed E-state index contributed by atoms with van der Waals surface area (Å²) in [4.78, 5) is 23.7. The maximum atomic E-state index is 12.3. The smallest absolute Gasteiger partial charge is 0.475 e. The van der Waals surface area contributed by atoms with Crippen LogP contribution >= 0.6 is 0 Å². The van der Waals surface area contributed by atoms with Crippen LogP contribution in [0.2, 0.25) is 0 Å². The number of nitrogens with zero attached hydrogens (tertiary/aromatic N) is 4. The molecular formula is C19H24F3N5O4. The van der Waals surface area contributed by atoms with E-state index < -0.39 is 12.1 Å². The van der Waals surface area contributed by atoms with Crippen molar-refractivity contribution < 1.29 is 32.3 Å². The van der Waals surface area contributed by atoms with Gasteiger partial charge in [0.2, 0.25) is 5.82 Å². The molecule has 0 bridgehead atoms. The van der Waals surface area contributed by atoms with E-state index in [2.05, 4.69) is 20.4 Å². The number of hydrogen-bond donors (Lipinski definition) is 2. The molecule has 0 aromatic carbocycles. The zero-order valence-electron chi connectivity index (χ0n) is 17.1. The van der Waals surface area contributed by atoms with Gasteiger partial charge in [-0.1, -0.05) is 0 Å². The highest BCUT2D eigenvalue weighted by Crippen LogP contribution is 2.33.